The molecule has 0 radical (unpaired) electrons. The second kappa shape index (κ2) is 21.8. The summed E-state index contributed by atoms with van der Waals surface area (Å²) in [5.74, 6) is -0.764. The van der Waals surface area contributed by atoms with Crippen molar-refractivity contribution in [2.75, 3.05) is 30.5 Å². The number of pyridine rings is 1. The van der Waals surface area contributed by atoms with Gasteiger partial charge in [0.05, 0.1) is 24.7 Å². The average molecular weight is 986 g/mol. The largest absolute Gasteiger partial charge is 1.00 e. The van der Waals surface area contributed by atoms with Gasteiger partial charge in [-0.3, -0.25) is 19.9 Å². The van der Waals surface area contributed by atoms with Gasteiger partial charge >= 0.3 is 6.09 Å². The number of imidazole rings is 1. The third-order valence-corrected chi connectivity index (χ3v) is 17.0. The van der Waals surface area contributed by atoms with Gasteiger partial charge < -0.3 is 36.3 Å². The lowest BCUT2D eigenvalue weighted by Gasteiger charge is -2.28. The van der Waals surface area contributed by atoms with E-state index in [9.17, 15) is 14.4 Å². The van der Waals surface area contributed by atoms with Gasteiger partial charge in [-0.15, -0.1) is 0 Å². The van der Waals surface area contributed by atoms with Crippen molar-refractivity contribution in [3.63, 3.8) is 0 Å². The van der Waals surface area contributed by atoms with Crippen LogP contribution in [0.3, 0.4) is 0 Å². The van der Waals surface area contributed by atoms with Gasteiger partial charge in [0.1, 0.15) is 35.6 Å². The highest BCUT2D eigenvalue weighted by molar-refractivity contribution is 9.10. The lowest BCUT2D eigenvalue weighted by Crippen LogP contribution is -3.00. The Labute approximate surface area is 379 Å². The zero-order valence-electron chi connectivity index (χ0n) is 35.1. The molecule has 2 heterocycles. The standard InChI is InChI=1S/C47H51BrN5O5PSi.BrH/c1-34(16-15-28-59(37-17-9-6-10-18-37,38-19-11-7-12-20-38)39-21-13-8-14-22-39)46(55)52-42-30-36(50-47(56)57-2)24-25-40(42)43-32-53(33-58-27-29-60(3,4)5)45(51-43)44(54)41-26-23-35(48)31-49-41;/h6-14,17-26,30-32,34H,15-16,27-29,33H2,1-5H3,(H-,50,52,55,56);1H. The van der Waals surface area contributed by atoms with Crippen LogP contribution < -0.4 is 43.5 Å². The van der Waals surface area contributed by atoms with Crippen LogP contribution in [-0.4, -0.2) is 60.3 Å². The highest BCUT2D eigenvalue weighted by Gasteiger charge is 2.44. The topological polar surface area (TPSA) is 124 Å². The number of halogens is 2. The quantitative estimate of drug-likeness (QED) is 0.0422. The van der Waals surface area contributed by atoms with E-state index in [4.69, 9.17) is 14.5 Å². The number of carbonyl (C=O) groups excluding carboxylic acids is 3. The lowest BCUT2D eigenvalue weighted by atomic mass is 10.0. The number of benzene rings is 4. The summed E-state index contributed by atoms with van der Waals surface area (Å²) in [7, 11) is -2.14. The highest BCUT2D eigenvalue weighted by atomic mass is 79.9. The zero-order valence-corrected chi connectivity index (χ0v) is 40.2. The van der Waals surface area contributed by atoms with Gasteiger partial charge in [-0.25, -0.2) is 9.78 Å². The molecule has 0 aliphatic carbocycles. The first-order chi connectivity index (χ1) is 28.9. The van der Waals surface area contributed by atoms with Gasteiger partial charge in [0.2, 0.25) is 11.7 Å². The van der Waals surface area contributed by atoms with Crippen LogP contribution >= 0.6 is 23.2 Å². The Hall–Kier alpha value is -4.78. The number of aromatic nitrogens is 3. The summed E-state index contributed by atoms with van der Waals surface area (Å²) in [6.07, 6.45) is 4.99. The monoisotopic (exact) mass is 983 g/mol. The molecule has 0 aliphatic rings. The number of amides is 2. The van der Waals surface area contributed by atoms with Crippen LogP contribution in [0.4, 0.5) is 16.2 Å². The second-order valence-corrected chi connectivity index (χ2v) is 26.1. The van der Waals surface area contributed by atoms with Gasteiger partial charge in [0.25, 0.3) is 0 Å². The van der Waals surface area contributed by atoms with E-state index in [1.165, 1.54) is 23.0 Å². The van der Waals surface area contributed by atoms with Gasteiger partial charge in [-0.1, -0.05) is 81.2 Å². The van der Waals surface area contributed by atoms with Crippen molar-refractivity contribution in [3.05, 3.63) is 150 Å². The Kier molecular flexibility index (Phi) is 16.9. The molecule has 0 saturated carbocycles. The molecule has 0 aliphatic heterocycles. The Bertz CT molecular complexity index is 2280. The Morgan fingerprint density at radius 1 is 0.836 bits per heavy atom. The zero-order chi connectivity index (χ0) is 42.7. The van der Waals surface area contributed by atoms with Crippen molar-refractivity contribution in [2.24, 2.45) is 5.92 Å². The van der Waals surface area contributed by atoms with Crippen LogP contribution in [0.5, 0.6) is 0 Å². The van der Waals surface area contributed by atoms with E-state index in [0.717, 1.165) is 23.1 Å². The third kappa shape index (κ3) is 12.2. The van der Waals surface area contributed by atoms with Crippen molar-refractivity contribution >= 4 is 76.3 Å². The van der Waals surface area contributed by atoms with Crippen LogP contribution in [0.2, 0.25) is 25.7 Å². The second-order valence-electron chi connectivity index (χ2n) is 15.9. The summed E-state index contributed by atoms with van der Waals surface area (Å²) in [5.41, 5.74) is 2.08. The van der Waals surface area contributed by atoms with Crippen LogP contribution in [0.1, 0.15) is 36.1 Å². The van der Waals surface area contributed by atoms with Crippen molar-refractivity contribution in [1.29, 1.82) is 0 Å². The summed E-state index contributed by atoms with van der Waals surface area (Å²) in [6, 6.07) is 41.7. The van der Waals surface area contributed by atoms with Crippen molar-refractivity contribution in [2.45, 2.75) is 52.2 Å². The van der Waals surface area contributed by atoms with E-state index < -0.39 is 21.4 Å². The van der Waals surface area contributed by atoms with Gasteiger partial charge in [0, 0.05) is 48.7 Å². The van der Waals surface area contributed by atoms with Crippen LogP contribution in [-0.2, 0) is 21.0 Å². The highest BCUT2D eigenvalue weighted by Crippen LogP contribution is 2.56. The molecule has 2 amide bonds. The predicted octanol–water partition coefficient (Wildman–Crippen LogP) is 6.78. The summed E-state index contributed by atoms with van der Waals surface area (Å²) in [5, 5.41) is 9.75. The molecular weight excluding hydrogens is 933 g/mol. The summed E-state index contributed by atoms with van der Waals surface area (Å²) in [4.78, 5) is 49.5. The molecule has 318 valence electrons. The molecule has 10 nitrogen and oxygen atoms in total. The van der Waals surface area contributed by atoms with Gasteiger partial charge in [0.15, 0.2) is 5.82 Å². The van der Waals surface area contributed by atoms with Crippen molar-refractivity contribution in [1.82, 2.24) is 14.5 Å². The van der Waals surface area contributed by atoms with Crippen molar-refractivity contribution in [3.8, 4) is 11.3 Å². The van der Waals surface area contributed by atoms with E-state index in [-0.39, 0.29) is 52.8 Å². The summed E-state index contributed by atoms with van der Waals surface area (Å²) < 4.78 is 13.4. The summed E-state index contributed by atoms with van der Waals surface area (Å²) >= 11 is 3.39. The molecule has 14 heteroatoms. The van der Waals surface area contributed by atoms with Gasteiger partial charge in [-0.05, 0) is 102 Å². The fourth-order valence-corrected chi connectivity index (χ4v) is 12.4. The van der Waals surface area contributed by atoms with E-state index in [1.54, 1.807) is 47.3 Å². The molecule has 1 unspecified atom stereocenters. The Morgan fingerprint density at radius 3 is 1.98 bits per heavy atom. The van der Waals surface area contributed by atoms with Crippen LogP contribution in [0.25, 0.3) is 11.3 Å². The molecule has 4 aromatic carbocycles. The first-order valence-electron chi connectivity index (χ1n) is 20.0. The fourth-order valence-electron chi connectivity index (χ4n) is 7.01. The number of hydrogen-bond donors (Lipinski definition) is 2. The average Bonchev–Trinajstić information content (AvgIpc) is 3.68. The minimum absolute atomic E-state index is 0. The molecule has 2 N–H and O–H groups in total. The van der Waals surface area contributed by atoms with Gasteiger partial charge in [-0.2, -0.15) is 0 Å². The smallest absolute Gasteiger partial charge is 0.411 e. The number of carbonyl (C=O) groups is 3. The maximum atomic E-state index is 14.2. The minimum atomic E-state index is -2.07. The molecule has 0 fully saturated rings. The van der Waals surface area contributed by atoms with Crippen molar-refractivity contribution < 1.29 is 40.8 Å². The molecule has 0 spiro atoms. The van der Waals surface area contributed by atoms with E-state index in [2.05, 4.69) is 142 Å². The molecule has 6 aromatic rings. The Balaban J connectivity index is 0.00000704. The van der Waals surface area contributed by atoms with E-state index >= 15 is 0 Å². The Morgan fingerprint density at radius 2 is 1.44 bits per heavy atom. The number of rotatable bonds is 18. The number of anilines is 2. The molecule has 61 heavy (non-hydrogen) atoms. The number of ether oxygens (including phenoxy) is 2. The lowest BCUT2D eigenvalue weighted by molar-refractivity contribution is -0.119. The maximum Gasteiger partial charge on any atom is 0.411 e. The molecule has 2 aromatic heterocycles. The first kappa shape index (κ1) is 47.3. The fraction of sp³-hybridized carbons (Fsp3) is 0.255. The normalized spacial score (nSPS) is 11.9. The SMILES string of the molecule is COC(=O)Nc1ccc(-c2cn(COCC[Si](C)(C)C)c(C(=O)c3ccc(Br)cn3)n2)c(NC(=O)C(C)CCC[P+](c2ccccc2)(c2ccccc2)c2ccccc2)c1.[Br-]. The minimum Gasteiger partial charge on any atom is -1.00 e. The third-order valence-electron chi connectivity index (χ3n) is 10.3. The number of hydrogen-bond acceptors (Lipinski definition) is 7. The number of ketones is 1. The molecule has 1 atom stereocenters. The number of nitrogens with one attached hydrogen (secondary N) is 2. The maximum absolute atomic E-state index is 14.2. The molecular formula is C47H52Br2N5O5PSi. The van der Waals surface area contributed by atoms with E-state index in [1.807, 2.05) is 6.92 Å². The molecule has 0 bridgehead atoms. The molecule has 6 rings (SSSR count). The first-order valence-corrected chi connectivity index (χ1v) is 26.5. The molecule has 0 saturated heterocycles. The van der Waals surface area contributed by atoms with Crippen LogP contribution in [0.15, 0.2) is 138 Å². The summed E-state index contributed by atoms with van der Waals surface area (Å²) in [6.45, 7) is 9.44. The number of methoxy groups -OCH3 is 1. The number of nitrogens with zero attached hydrogens (tertiary/aromatic N) is 3. The van der Waals surface area contributed by atoms with Crippen LogP contribution in [0, 0.1) is 5.92 Å². The predicted molar refractivity (Wildman–Crippen MR) is 250 cm³/mol. The van der Waals surface area contributed by atoms with E-state index in [0.29, 0.717) is 35.7 Å².